The molecule has 5 heteroatoms. The molecule has 1 saturated heterocycles. The van der Waals surface area contributed by atoms with E-state index in [2.05, 4.69) is 5.32 Å². The van der Waals surface area contributed by atoms with Crippen LogP contribution in [-0.2, 0) is 16.0 Å². The van der Waals surface area contributed by atoms with Gasteiger partial charge in [-0.05, 0) is 25.5 Å². The third-order valence-electron chi connectivity index (χ3n) is 3.29. The second-order valence-electron chi connectivity index (χ2n) is 5.01. The molecule has 0 radical (unpaired) electrons. The van der Waals surface area contributed by atoms with Crippen LogP contribution in [0.1, 0.15) is 18.9 Å². The first-order valence-corrected chi connectivity index (χ1v) is 6.62. The maximum absolute atomic E-state index is 12.1. The minimum Gasteiger partial charge on any atom is -0.496 e. The molecule has 0 saturated carbocycles. The van der Waals surface area contributed by atoms with Gasteiger partial charge in [0.2, 0.25) is 5.91 Å². The van der Waals surface area contributed by atoms with E-state index in [1.54, 1.807) is 25.3 Å². The van der Waals surface area contributed by atoms with E-state index in [9.17, 15) is 4.79 Å². The van der Waals surface area contributed by atoms with E-state index in [-0.39, 0.29) is 17.9 Å². The van der Waals surface area contributed by atoms with Gasteiger partial charge in [0.05, 0.1) is 25.7 Å². The molecule has 1 aromatic carbocycles. The summed E-state index contributed by atoms with van der Waals surface area (Å²) in [6.07, 6.45) is 1.04. The SMILES string of the molecule is COc1cccc(Cl)c1CC(=O)NC1(C)CCOC1. The smallest absolute Gasteiger partial charge is 0.225 e. The lowest BCUT2D eigenvalue weighted by atomic mass is 10.0. The zero-order chi connectivity index (χ0) is 13.9. The molecule has 0 aromatic heterocycles. The molecule has 1 N–H and O–H groups in total. The quantitative estimate of drug-likeness (QED) is 0.921. The molecular formula is C14H18ClNO3. The van der Waals surface area contributed by atoms with Crippen LogP contribution >= 0.6 is 11.6 Å². The van der Waals surface area contributed by atoms with E-state index in [0.29, 0.717) is 29.5 Å². The third-order valence-corrected chi connectivity index (χ3v) is 3.65. The molecule has 1 aliphatic rings. The fourth-order valence-corrected chi connectivity index (χ4v) is 2.44. The molecule has 1 fully saturated rings. The zero-order valence-corrected chi connectivity index (χ0v) is 11.9. The van der Waals surface area contributed by atoms with Crippen LogP contribution in [-0.4, -0.2) is 31.8 Å². The van der Waals surface area contributed by atoms with Crippen LogP contribution in [0.25, 0.3) is 0 Å². The summed E-state index contributed by atoms with van der Waals surface area (Å²) in [4.78, 5) is 12.1. The van der Waals surface area contributed by atoms with E-state index in [0.717, 1.165) is 6.42 Å². The minimum absolute atomic E-state index is 0.0700. The first kappa shape index (κ1) is 14.2. The highest BCUT2D eigenvalue weighted by molar-refractivity contribution is 6.31. The van der Waals surface area contributed by atoms with Crippen LogP contribution in [0.5, 0.6) is 5.75 Å². The van der Waals surface area contributed by atoms with Crippen LogP contribution in [0.2, 0.25) is 5.02 Å². The van der Waals surface area contributed by atoms with Gasteiger partial charge in [-0.25, -0.2) is 0 Å². The van der Waals surface area contributed by atoms with Gasteiger partial charge in [-0.15, -0.1) is 0 Å². The fourth-order valence-electron chi connectivity index (χ4n) is 2.21. The van der Waals surface area contributed by atoms with Crippen molar-refractivity contribution in [2.45, 2.75) is 25.3 Å². The van der Waals surface area contributed by atoms with Gasteiger partial charge in [-0.2, -0.15) is 0 Å². The molecular weight excluding hydrogens is 266 g/mol. The lowest BCUT2D eigenvalue weighted by Crippen LogP contribution is -2.47. The number of rotatable bonds is 4. The molecule has 1 aromatic rings. The predicted octanol–water partition coefficient (Wildman–Crippen LogP) is 2.19. The molecule has 104 valence electrons. The number of ether oxygens (including phenoxy) is 2. The zero-order valence-electron chi connectivity index (χ0n) is 11.2. The van der Waals surface area contributed by atoms with Crippen molar-refractivity contribution in [3.63, 3.8) is 0 Å². The van der Waals surface area contributed by atoms with Crippen molar-refractivity contribution < 1.29 is 14.3 Å². The van der Waals surface area contributed by atoms with E-state index < -0.39 is 0 Å². The maximum Gasteiger partial charge on any atom is 0.225 e. The Kier molecular flexibility index (Phi) is 4.32. The number of amides is 1. The molecule has 4 nitrogen and oxygen atoms in total. The predicted molar refractivity (Wildman–Crippen MR) is 73.7 cm³/mol. The Balaban J connectivity index is 2.06. The summed E-state index contributed by atoms with van der Waals surface area (Å²) in [5, 5.41) is 3.55. The molecule has 1 atom stereocenters. The maximum atomic E-state index is 12.1. The van der Waals surface area contributed by atoms with Gasteiger partial charge in [0.15, 0.2) is 0 Å². The number of nitrogens with one attached hydrogen (secondary N) is 1. The number of hydrogen-bond donors (Lipinski definition) is 1. The summed E-state index contributed by atoms with van der Waals surface area (Å²) in [7, 11) is 1.57. The number of halogens is 1. The molecule has 0 aliphatic carbocycles. The second-order valence-corrected chi connectivity index (χ2v) is 5.42. The lowest BCUT2D eigenvalue weighted by Gasteiger charge is -2.23. The number of hydrogen-bond acceptors (Lipinski definition) is 3. The Hall–Kier alpha value is -1.26. The van der Waals surface area contributed by atoms with E-state index in [4.69, 9.17) is 21.1 Å². The van der Waals surface area contributed by atoms with Crippen LogP contribution in [0.4, 0.5) is 0 Å². The molecule has 1 aliphatic heterocycles. The van der Waals surface area contributed by atoms with Gasteiger partial charge in [-0.3, -0.25) is 4.79 Å². The number of benzene rings is 1. The number of carbonyl (C=O) groups is 1. The van der Waals surface area contributed by atoms with Gasteiger partial charge in [0.25, 0.3) is 0 Å². The average molecular weight is 284 g/mol. The molecule has 0 spiro atoms. The van der Waals surface area contributed by atoms with Gasteiger partial charge >= 0.3 is 0 Å². The van der Waals surface area contributed by atoms with Crippen molar-refractivity contribution in [3.05, 3.63) is 28.8 Å². The molecule has 1 heterocycles. The summed E-state index contributed by atoms with van der Waals surface area (Å²) >= 11 is 6.12. The average Bonchev–Trinajstić information content (AvgIpc) is 2.78. The van der Waals surface area contributed by atoms with Gasteiger partial charge in [0.1, 0.15) is 5.75 Å². The van der Waals surface area contributed by atoms with Gasteiger partial charge < -0.3 is 14.8 Å². The Morgan fingerprint density at radius 1 is 1.58 bits per heavy atom. The first-order valence-electron chi connectivity index (χ1n) is 6.24. The highest BCUT2D eigenvalue weighted by atomic mass is 35.5. The molecule has 1 amide bonds. The largest absolute Gasteiger partial charge is 0.496 e. The second kappa shape index (κ2) is 5.80. The van der Waals surface area contributed by atoms with E-state index in [1.165, 1.54) is 0 Å². The van der Waals surface area contributed by atoms with E-state index in [1.807, 2.05) is 6.92 Å². The van der Waals surface area contributed by atoms with Gasteiger partial charge in [0, 0.05) is 17.2 Å². The summed E-state index contributed by atoms with van der Waals surface area (Å²) in [6, 6.07) is 5.36. The van der Waals surface area contributed by atoms with Crippen LogP contribution in [0.15, 0.2) is 18.2 Å². The fraction of sp³-hybridized carbons (Fsp3) is 0.500. The molecule has 2 rings (SSSR count). The summed E-state index contributed by atoms with van der Waals surface area (Å²) in [5.41, 5.74) is 0.442. The van der Waals surface area contributed by atoms with Crippen molar-refractivity contribution in [2.75, 3.05) is 20.3 Å². The number of methoxy groups -OCH3 is 1. The summed E-state index contributed by atoms with van der Waals surface area (Å²) in [6.45, 7) is 3.23. The third kappa shape index (κ3) is 3.39. The summed E-state index contributed by atoms with van der Waals surface area (Å²) in [5.74, 6) is 0.565. The first-order chi connectivity index (χ1) is 9.04. The molecule has 1 unspecified atom stereocenters. The monoisotopic (exact) mass is 283 g/mol. The summed E-state index contributed by atoms with van der Waals surface area (Å²) < 4.78 is 10.5. The van der Waals surface area contributed by atoms with Crippen LogP contribution in [0, 0.1) is 0 Å². The Bertz CT molecular complexity index is 470. The normalized spacial score (nSPS) is 22.3. The topological polar surface area (TPSA) is 47.6 Å². The Labute approximate surface area is 118 Å². The van der Waals surface area contributed by atoms with Crippen LogP contribution < -0.4 is 10.1 Å². The lowest BCUT2D eigenvalue weighted by molar-refractivity contribution is -0.122. The van der Waals surface area contributed by atoms with Crippen molar-refractivity contribution in [3.8, 4) is 5.75 Å². The van der Waals surface area contributed by atoms with Crippen molar-refractivity contribution in [2.24, 2.45) is 0 Å². The molecule has 19 heavy (non-hydrogen) atoms. The minimum atomic E-state index is -0.272. The number of carbonyl (C=O) groups excluding carboxylic acids is 1. The van der Waals surface area contributed by atoms with Crippen molar-refractivity contribution in [1.82, 2.24) is 5.32 Å². The van der Waals surface area contributed by atoms with Crippen LogP contribution in [0.3, 0.4) is 0 Å². The Morgan fingerprint density at radius 3 is 3.00 bits per heavy atom. The van der Waals surface area contributed by atoms with Crippen molar-refractivity contribution >= 4 is 17.5 Å². The standard InChI is InChI=1S/C14H18ClNO3/c1-14(6-7-19-9-14)16-13(17)8-10-11(15)4-3-5-12(10)18-2/h3-5H,6-9H2,1-2H3,(H,16,17). The highest BCUT2D eigenvalue weighted by Crippen LogP contribution is 2.27. The highest BCUT2D eigenvalue weighted by Gasteiger charge is 2.31. The van der Waals surface area contributed by atoms with Gasteiger partial charge in [-0.1, -0.05) is 17.7 Å². The van der Waals surface area contributed by atoms with E-state index >= 15 is 0 Å². The Morgan fingerprint density at radius 2 is 2.37 bits per heavy atom. The van der Waals surface area contributed by atoms with Crippen molar-refractivity contribution in [1.29, 1.82) is 0 Å². The molecule has 0 bridgehead atoms.